The maximum Gasteiger partial charge on any atom is 0.238 e. The van der Waals surface area contributed by atoms with E-state index in [-0.39, 0.29) is 0 Å². The molecule has 9 rings (SSSR count). The molecule has 7 aromatic carbocycles. The average Bonchev–Trinajstić information content (AvgIpc) is 3.53. The van der Waals surface area contributed by atoms with E-state index in [2.05, 4.69) is 174 Å². The molecule has 0 fully saturated rings. The molecule has 9 aromatic rings. The van der Waals surface area contributed by atoms with Crippen molar-refractivity contribution in [1.82, 2.24) is 19.5 Å². The van der Waals surface area contributed by atoms with E-state index < -0.39 is 0 Å². The summed E-state index contributed by atoms with van der Waals surface area (Å²) >= 11 is 0. The minimum absolute atomic E-state index is 0.588. The zero-order valence-electron chi connectivity index (χ0n) is 26.6. The molecule has 0 unspecified atom stereocenters. The third-order valence-electron chi connectivity index (χ3n) is 9.12. The summed E-state index contributed by atoms with van der Waals surface area (Å²) in [6, 6.07) is 63.4. The van der Waals surface area contributed by atoms with Gasteiger partial charge < -0.3 is 0 Å². The SMILES string of the molecule is c1ccc(-c2ccc(-c3ccc(-c4nc(-c5ccc(-c6ccccc6)cc5)nc(-n5c6ccccc6c6ccccc65)n4)cc3)cc2)cc1. The Morgan fingerprint density at radius 2 is 0.571 bits per heavy atom. The molecule has 0 saturated carbocycles. The van der Waals surface area contributed by atoms with Gasteiger partial charge in [0.15, 0.2) is 11.6 Å². The van der Waals surface area contributed by atoms with Crippen LogP contribution in [0, 0.1) is 0 Å². The van der Waals surface area contributed by atoms with Gasteiger partial charge in [0, 0.05) is 21.9 Å². The molecule has 230 valence electrons. The van der Waals surface area contributed by atoms with Crippen LogP contribution in [-0.2, 0) is 0 Å². The normalized spacial score (nSPS) is 11.3. The van der Waals surface area contributed by atoms with E-state index >= 15 is 0 Å². The molecule has 0 aliphatic rings. The summed E-state index contributed by atoms with van der Waals surface area (Å²) in [6.07, 6.45) is 0. The molecule has 0 amide bonds. The van der Waals surface area contributed by atoms with E-state index in [9.17, 15) is 0 Å². The fourth-order valence-electron chi connectivity index (χ4n) is 6.60. The number of hydrogen-bond donors (Lipinski definition) is 0. The van der Waals surface area contributed by atoms with Crippen LogP contribution < -0.4 is 0 Å². The monoisotopic (exact) mass is 626 g/mol. The minimum atomic E-state index is 0.588. The van der Waals surface area contributed by atoms with Gasteiger partial charge >= 0.3 is 0 Å². The van der Waals surface area contributed by atoms with Crippen LogP contribution in [0.15, 0.2) is 182 Å². The summed E-state index contributed by atoms with van der Waals surface area (Å²) < 4.78 is 2.15. The summed E-state index contributed by atoms with van der Waals surface area (Å²) in [6.45, 7) is 0. The van der Waals surface area contributed by atoms with Gasteiger partial charge in [-0.25, -0.2) is 4.98 Å². The van der Waals surface area contributed by atoms with Crippen molar-refractivity contribution in [2.45, 2.75) is 0 Å². The molecule has 0 aliphatic heterocycles. The van der Waals surface area contributed by atoms with Gasteiger partial charge in [-0.1, -0.05) is 170 Å². The van der Waals surface area contributed by atoms with Crippen molar-refractivity contribution in [3.05, 3.63) is 182 Å². The first-order valence-corrected chi connectivity index (χ1v) is 16.5. The van der Waals surface area contributed by atoms with E-state index in [1.807, 2.05) is 12.1 Å². The number of hydrogen-bond acceptors (Lipinski definition) is 3. The fraction of sp³-hybridized carbons (Fsp3) is 0. The third-order valence-corrected chi connectivity index (χ3v) is 9.12. The van der Waals surface area contributed by atoms with Gasteiger partial charge in [-0.05, 0) is 45.5 Å². The van der Waals surface area contributed by atoms with Crippen LogP contribution in [0.25, 0.3) is 83.9 Å². The zero-order chi connectivity index (χ0) is 32.6. The van der Waals surface area contributed by atoms with Gasteiger partial charge in [0.05, 0.1) is 11.0 Å². The van der Waals surface area contributed by atoms with Crippen molar-refractivity contribution in [2.24, 2.45) is 0 Å². The highest BCUT2D eigenvalue weighted by Gasteiger charge is 2.17. The lowest BCUT2D eigenvalue weighted by Gasteiger charge is -2.12. The maximum absolute atomic E-state index is 5.13. The topological polar surface area (TPSA) is 43.6 Å². The number of fused-ring (bicyclic) bond motifs is 3. The lowest BCUT2D eigenvalue weighted by atomic mass is 9.99. The fourth-order valence-corrected chi connectivity index (χ4v) is 6.60. The summed E-state index contributed by atoms with van der Waals surface area (Å²) in [5.41, 5.74) is 11.0. The van der Waals surface area contributed by atoms with E-state index in [0.29, 0.717) is 17.6 Å². The Hall–Kier alpha value is -6.65. The molecule has 4 nitrogen and oxygen atoms in total. The average molecular weight is 627 g/mol. The Kier molecular flexibility index (Phi) is 7.10. The summed E-state index contributed by atoms with van der Waals surface area (Å²) in [7, 11) is 0. The molecule has 0 N–H and O–H groups in total. The molecule has 4 heteroatoms. The molecule has 0 atom stereocenters. The second-order valence-electron chi connectivity index (χ2n) is 12.1. The summed E-state index contributed by atoms with van der Waals surface area (Å²) in [4.78, 5) is 15.3. The quantitative estimate of drug-likeness (QED) is 0.184. The predicted molar refractivity (Wildman–Crippen MR) is 201 cm³/mol. The Morgan fingerprint density at radius 3 is 0.959 bits per heavy atom. The number of nitrogens with zero attached hydrogens (tertiary/aromatic N) is 4. The molecule has 0 saturated heterocycles. The van der Waals surface area contributed by atoms with Crippen LogP contribution >= 0.6 is 0 Å². The number of rotatable bonds is 6. The Labute approximate surface area is 284 Å². The van der Waals surface area contributed by atoms with E-state index in [1.165, 1.54) is 16.7 Å². The highest BCUT2D eigenvalue weighted by molar-refractivity contribution is 6.09. The maximum atomic E-state index is 5.13. The number of benzene rings is 7. The van der Waals surface area contributed by atoms with Gasteiger partial charge in [-0.2, -0.15) is 9.97 Å². The van der Waals surface area contributed by atoms with Crippen molar-refractivity contribution >= 4 is 21.8 Å². The van der Waals surface area contributed by atoms with Gasteiger partial charge in [0.25, 0.3) is 0 Å². The van der Waals surface area contributed by atoms with Gasteiger partial charge in [0.2, 0.25) is 5.95 Å². The molecule has 0 aliphatic carbocycles. The van der Waals surface area contributed by atoms with Crippen LogP contribution in [-0.4, -0.2) is 19.5 Å². The first kappa shape index (κ1) is 28.6. The zero-order valence-corrected chi connectivity index (χ0v) is 26.6. The van der Waals surface area contributed by atoms with Crippen LogP contribution in [0.1, 0.15) is 0 Å². The number of para-hydroxylation sites is 2. The van der Waals surface area contributed by atoms with E-state index in [1.54, 1.807) is 0 Å². The van der Waals surface area contributed by atoms with Crippen molar-refractivity contribution in [2.75, 3.05) is 0 Å². The van der Waals surface area contributed by atoms with E-state index in [0.717, 1.165) is 49.6 Å². The summed E-state index contributed by atoms with van der Waals surface area (Å²) in [5, 5.41) is 2.33. The highest BCUT2D eigenvalue weighted by Crippen LogP contribution is 2.33. The van der Waals surface area contributed by atoms with Crippen LogP contribution in [0.5, 0.6) is 0 Å². The minimum Gasteiger partial charge on any atom is -0.278 e. The van der Waals surface area contributed by atoms with Crippen LogP contribution in [0.3, 0.4) is 0 Å². The van der Waals surface area contributed by atoms with Crippen molar-refractivity contribution in [1.29, 1.82) is 0 Å². The largest absolute Gasteiger partial charge is 0.278 e. The first-order chi connectivity index (χ1) is 24.3. The van der Waals surface area contributed by atoms with Gasteiger partial charge in [-0.3, -0.25) is 4.57 Å². The van der Waals surface area contributed by atoms with Crippen molar-refractivity contribution in [3.8, 4) is 62.1 Å². The second kappa shape index (κ2) is 12.2. The molecule has 0 spiro atoms. The first-order valence-electron chi connectivity index (χ1n) is 16.5. The predicted octanol–water partition coefficient (Wildman–Crippen LogP) is 11.3. The van der Waals surface area contributed by atoms with Gasteiger partial charge in [0.1, 0.15) is 0 Å². The molecular weight excluding hydrogens is 597 g/mol. The lowest BCUT2D eigenvalue weighted by Crippen LogP contribution is -2.06. The molecule has 0 bridgehead atoms. The van der Waals surface area contributed by atoms with Gasteiger partial charge in [-0.15, -0.1) is 0 Å². The second-order valence-corrected chi connectivity index (χ2v) is 12.1. The number of aromatic nitrogens is 4. The van der Waals surface area contributed by atoms with Crippen LogP contribution in [0.4, 0.5) is 0 Å². The molecule has 49 heavy (non-hydrogen) atoms. The molecule has 2 heterocycles. The van der Waals surface area contributed by atoms with Crippen molar-refractivity contribution in [3.63, 3.8) is 0 Å². The van der Waals surface area contributed by atoms with E-state index in [4.69, 9.17) is 15.0 Å². The van der Waals surface area contributed by atoms with Crippen molar-refractivity contribution < 1.29 is 0 Å². The molecule has 2 aromatic heterocycles. The molecule has 0 radical (unpaired) electrons. The smallest absolute Gasteiger partial charge is 0.238 e. The molecular formula is C45H30N4. The van der Waals surface area contributed by atoms with Crippen LogP contribution in [0.2, 0.25) is 0 Å². The third kappa shape index (κ3) is 5.35. The Balaban J connectivity index is 1.15. The highest BCUT2D eigenvalue weighted by atomic mass is 15.2. The standard InChI is InChI=1S/C45H30N4/c1-3-11-31(12-4-1)33-19-21-35(22-20-33)36-25-29-38(30-26-36)44-46-43(37-27-23-34(24-28-37)32-13-5-2-6-14-32)47-45(48-44)49-41-17-9-7-15-39(41)40-16-8-10-18-42(40)49/h1-30H. The Bertz CT molecular complexity index is 2500. The Morgan fingerprint density at radius 1 is 0.265 bits per heavy atom. The lowest BCUT2D eigenvalue weighted by molar-refractivity contribution is 0.953. The summed E-state index contributed by atoms with van der Waals surface area (Å²) in [5.74, 6) is 1.84.